The van der Waals surface area contributed by atoms with Crippen LogP contribution in [0.1, 0.15) is 21.5 Å². The van der Waals surface area contributed by atoms with Gasteiger partial charge in [0.15, 0.2) is 17.5 Å². The molecule has 0 spiro atoms. The molecular weight excluding hydrogens is 406 g/mol. The fourth-order valence-electron chi connectivity index (χ4n) is 3.41. The van der Waals surface area contributed by atoms with E-state index in [-0.39, 0.29) is 23.1 Å². The van der Waals surface area contributed by atoms with Gasteiger partial charge in [-0.3, -0.25) is 0 Å². The molecule has 0 aliphatic carbocycles. The standard InChI is InChI=1S/C25H21N3O4/c1-14-12-15(2)21(30)19(13-14)24-27-22(16-8-10-17(11-9-16)25(31)32-3)26-23(28-24)18-6-4-5-7-20(18)29/h4-13,29-30H,1-3H3. The van der Waals surface area contributed by atoms with E-state index in [9.17, 15) is 15.0 Å². The number of aromatic nitrogens is 3. The molecule has 0 fully saturated rings. The lowest BCUT2D eigenvalue weighted by Gasteiger charge is -2.12. The van der Waals surface area contributed by atoms with Crippen LogP contribution in [0.15, 0.2) is 60.7 Å². The maximum atomic E-state index is 11.8. The van der Waals surface area contributed by atoms with Gasteiger partial charge in [0.2, 0.25) is 0 Å². The number of hydrogen-bond donors (Lipinski definition) is 2. The maximum Gasteiger partial charge on any atom is 0.337 e. The minimum Gasteiger partial charge on any atom is -0.507 e. The highest BCUT2D eigenvalue weighted by Crippen LogP contribution is 2.34. The summed E-state index contributed by atoms with van der Waals surface area (Å²) in [6.07, 6.45) is 0. The van der Waals surface area contributed by atoms with Crippen molar-refractivity contribution >= 4 is 5.97 Å². The average Bonchev–Trinajstić information content (AvgIpc) is 2.81. The number of para-hydroxylation sites is 1. The molecule has 0 unspecified atom stereocenters. The first kappa shape index (κ1) is 21.0. The van der Waals surface area contributed by atoms with Crippen molar-refractivity contribution in [1.29, 1.82) is 0 Å². The fraction of sp³-hybridized carbons (Fsp3) is 0.120. The van der Waals surface area contributed by atoms with Crippen molar-refractivity contribution in [1.82, 2.24) is 15.0 Å². The Balaban J connectivity index is 1.93. The van der Waals surface area contributed by atoms with E-state index in [1.807, 2.05) is 19.9 Å². The number of phenolic OH excluding ortho intramolecular Hbond substituents is 2. The SMILES string of the molecule is COC(=O)c1ccc(-c2nc(-c3ccccc3O)nc(-c3cc(C)cc(C)c3O)n2)cc1. The molecule has 3 aromatic carbocycles. The van der Waals surface area contributed by atoms with E-state index in [4.69, 9.17) is 4.74 Å². The molecule has 0 aliphatic rings. The summed E-state index contributed by atoms with van der Waals surface area (Å²) in [5.41, 5.74) is 3.60. The third kappa shape index (κ3) is 4.00. The van der Waals surface area contributed by atoms with Gasteiger partial charge in [0.25, 0.3) is 0 Å². The van der Waals surface area contributed by atoms with Crippen molar-refractivity contribution in [2.24, 2.45) is 0 Å². The summed E-state index contributed by atoms with van der Waals surface area (Å²) in [5.74, 6) is 0.540. The summed E-state index contributed by atoms with van der Waals surface area (Å²) < 4.78 is 4.75. The highest BCUT2D eigenvalue weighted by atomic mass is 16.5. The van der Waals surface area contributed by atoms with Crippen LogP contribution in [-0.2, 0) is 4.74 Å². The Morgan fingerprint density at radius 2 is 1.44 bits per heavy atom. The monoisotopic (exact) mass is 427 g/mol. The van der Waals surface area contributed by atoms with Crippen LogP contribution in [0, 0.1) is 13.8 Å². The third-order valence-corrected chi connectivity index (χ3v) is 5.03. The number of aromatic hydroxyl groups is 2. The average molecular weight is 427 g/mol. The number of aryl methyl sites for hydroxylation is 2. The van der Waals surface area contributed by atoms with Gasteiger partial charge in [-0.15, -0.1) is 0 Å². The molecule has 1 aromatic heterocycles. The normalized spacial score (nSPS) is 10.7. The molecule has 0 amide bonds. The van der Waals surface area contributed by atoms with Gasteiger partial charge in [0.1, 0.15) is 11.5 Å². The summed E-state index contributed by atoms with van der Waals surface area (Å²) in [6, 6.07) is 17.1. The lowest BCUT2D eigenvalue weighted by atomic mass is 10.0. The van der Waals surface area contributed by atoms with E-state index in [2.05, 4.69) is 15.0 Å². The third-order valence-electron chi connectivity index (χ3n) is 5.03. The van der Waals surface area contributed by atoms with Gasteiger partial charge >= 0.3 is 5.97 Å². The smallest absolute Gasteiger partial charge is 0.337 e. The van der Waals surface area contributed by atoms with Gasteiger partial charge in [-0.1, -0.05) is 30.3 Å². The largest absolute Gasteiger partial charge is 0.507 e. The molecule has 4 aromatic rings. The molecule has 2 N–H and O–H groups in total. The highest BCUT2D eigenvalue weighted by molar-refractivity contribution is 5.89. The Bertz CT molecular complexity index is 1320. The zero-order chi connectivity index (χ0) is 22.8. The van der Waals surface area contributed by atoms with E-state index >= 15 is 0 Å². The number of methoxy groups -OCH3 is 1. The van der Waals surface area contributed by atoms with Crippen molar-refractivity contribution in [3.8, 4) is 45.7 Å². The van der Waals surface area contributed by atoms with Gasteiger partial charge in [0, 0.05) is 5.56 Å². The quantitative estimate of drug-likeness (QED) is 0.455. The van der Waals surface area contributed by atoms with E-state index in [1.54, 1.807) is 54.6 Å². The number of phenols is 2. The second-order valence-corrected chi connectivity index (χ2v) is 7.37. The number of carbonyl (C=O) groups excluding carboxylic acids is 1. The second-order valence-electron chi connectivity index (χ2n) is 7.37. The fourth-order valence-corrected chi connectivity index (χ4v) is 3.41. The van der Waals surface area contributed by atoms with Gasteiger partial charge in [-0.2, -0.15) is 0 Å². The Labute approximate surface area is 185 Å². The Morgan fingerprint density at radius 1 is 0.812 bits per heavy atom. The molecule has 1 heterocycles. The number of benzene rings is 3. The van der Waals surface area contributed by atoms with Crippen molar-refractivity contribution in [2.75, 3.05) is 7.11 Å². The highest BCUT2D eigenvalue weighted by Gasteiger charge is 2.18. The van der Waals surface area contributed by atoms with Gasteiger partial charge in [-0.25, -0.2) is 19.7 Å². The molecule has 160 valence electrons. The van der Waals surface area contributed by atoms with Crippen LogP contribution in [0.3, 0.4) is 0 Å². The number of hydrogen-bond acceptors (Lipinski definition) is 7. The zero-order valence-corrected chi connectivity index (χ0v) is 17.8. The number of nitrogens with zero attached hydrogens (tertiary/aromatic N) is 3. The predicted octanol–water partition coefficient (Wildman–Crippen LogP) is 4.69. The Hall–Kier alpha value is -4.26. The van der Waals surface area contributed by atoms with Crippen LogP contribution in [0.2, 0.25) is 0 Å². The summed E-state index contributed by atoms with van der Waals surface area (Å²) in [6.45, 7) is 3.73. The van der Waals surface area contributed by atoms with Crippen LogP contribution >= 0.6 is 0 Å². The summed E-state index contributed by atoms with van der Waals surface area (Å²) in [7, 11) is 1.32. The first-order chi connectivity index (χ1) is 15.4. The Morgan fingerprint density at radius 3 is 2.09 bits per heavy atom. The first-order valence-corrected chi connectivity index (χ1v) is 9.91. The van der Waals surface area contributed by atoms with Crippen LogP contribution in [-0.4, -0.2) is 38.2 Å². The molecule has 0 radical (unpaired) electrons. The molecule has 0 aliphatic heterocycles. The van der Waals surface area contributed by atoms with E-state index in [1.165, 1.54) is 7.11 Å². The number of rotatable bonds is 4. The summed E-state index contributed by atoms with van der Waals surface area (Å²) in [4.78, 5) is 25.4. The minimum atomic E-state index is -0.442. The lowest BCUT2D eigenvalue weighted by molar-refractivity contribution is 0.0600. The number of carbonyl (C=O) groups is 1. The predicted molar refractivity (Wildman–Crippen MR) is 120 cm³/mol. The number of ether oxygens (including phenoxy) is 1. The van der Waals surface area contributed by atoms with Crippen LogP contribution in [0.25, 0.3) is 34.2 Å². The molecule has 7 heteroatoms. The Kier molecular flexibility index (Phi) is 5.55. The lowest BCUT2D eigenvalue weighted by Crippen LogP contribution is -2.02. The zero-order valence-electron chi connectivity index (χ0n) is 17.8. The molecule has 0 saturated carbocycles. The molecule has 0 atom stereocenters. The molecule has 0 bridgehead atoms. The number of esters is 1. The van der Waals surface area contributed by atoms with Crippen molar-refractivity contribution < 1.29 is 19.7 Å². The summed E-state index contributed by atoms with van der Waals surface area (Å²) in [5, 5.41) is 21.0. The summed E-state index contributed by atoms with van der Waals surface area (Å²) >= 11 is 0. The minimum absolute atomic E-state index is 0.0290. The maximum absolute atomic E-state index is 11.8. The van der Waals surface area contributed by atoms with Crippen molar-refractivity contribution in [3.05, 3.63) is 77.4 Å². The topological polar surface area (TPSA) is 105 Å². The van der Waals surface area contributed by atoms with Crippen LogP contribution < -0.4 is 0 Å². The van der Waals surface area contributed by atoms with Gasteiger partial charge in [-0.05, 0) is 55.3 Å². The first-order valence-electron chi connectivity index (χ1n) is 9.91. The van der Waals surface area contributed by atoms with Crippen LogP contribution in [0.5, 0.6) is 11.5 Å². The van der Waals surface area contributed by atoms with E-state index < -0.39 is 5.97 Å². The molecule has 32 heavy (non-hydrogen) atoms. The molecule has 0 saturated heterocycles. The van der Waals surface area contributed by atoms with Crippen LogP contribution in [0.4, 0.5) is 0 Å². The molecular formula is C25H21N3O4. The van der Waals surface area contributed by atoms with Crippen molar-refractivity contribution in [2.45, 2.75) is 13.8 Å². The second kappa shape index (κ2) is 8.47. The van der Waals surface area contributed by atoms with Gasteiger partial charge in [0.05, 0.1) is 23.8 Å². The van der Waals surface area contributed by atoms with Crippen molar-refractivity contribution in [3.63, 3.8) is 0 Å². The molecule has 4 rings (SSSR count). The molecule has 7 nitrogen and oxygen atoms in total. The van der Waals surface area contributed by atoms with E-state index in [0.29, 0.717) is 33.6 Å². The van der Waals surface area contributed by atoms with E-state index in [0.717, 1.165) is 5.56 Å². The van der Waals surface area contributed by atoms with Gasteiger partial charge < -0.3 is 14.9 Å².